The molecule has 3 aromatic rings. The quantitative estimate of drug-likeness (QED) is 0.612. The fourth-order valence-corrected chi connectivity index (χ4v) is 3.75. The van der Waals surface area contributed by atoms with Crippen LogP contribution in [0.5, 0.6) is 0 Å². The highest BCUT2D eigenvalue weighted by Crippen LogP contribution is 2.18. The highest BCUT2D eigenvalue weighted by Gasteiger charge is 2.13. The number of amides is 1. The number of thioether (sulfide) groups is 1. The number of hydrogen-bond acceptors (Lipinski definition) is 5. The number of fused-ring (bicyclic) bond motifs is 1. The van der Waals surface area contributed by atoms with Gasteiger partial charge in [-0.2, -0.15) is 4.98 Å². The maximum Gasteiger partial charge on any atom is 0.253 e. The molecule has 28 heavy (non-hydrogen) atoms. The van der Waals surface area contributed by atoms with E-state index >= 15 is 0 Å². The summed E-state index contributed by atoms with van der Waals surface area (Å²) in [5.41, 5.74) is 4.30. The molecule has 0 bridgehead atoms. The Morgan fingerprint density at radius 2 is 1.86 bits per heavy atom. The molecule has 0 saturated carbocycles. The molecule has 1 amide bonds. The predicted molar refractivity (Wildman–Crippen MR) is 113 cm³/mol. The van der Waals surface area contributed by atoms with Crippen LogP contribution in [0, 0.1) is 19.8 Å². The first-order valence-corrected chi connectivity index (χ1v) is 10.5. The van der Waals surface area contributed by atoms with Crippen LogP contribution in [-0.2, 0) is 11.2 Å². The van der Waals surface area contributed by atoms with Gasteiger partial charge in [0, 0.05) is 11.4 Å². The van der Waals surface area contributed by atoms with E-state index in [1.54, 1.807) is 4.52 Å². The van der Waals surface area contributed by atoms with E-state index in [1.807, 2.05) is 26.8 Å². The zero-order valence-electron chi connectivity index (χ0n) is 17.1. The van der Waals surface area contributed by atoms with Crippen molar-refractivity contribution in [1.29, 1.82) is 0 Å². The molecule has 0 saturated heterocycles. The largest absolute Gasteiger partial charge is 0.349 e. The molecule has 1 atom stereocenters. The molecular formula is C21H27N5OS. The topological polar surface area (TPSA) is 72.2 Å². The predicted octanol–water partition coefficient (Wildman–Crippen LogP) is 3.91. The number of carbonyl (C=O) groups excluding carboxylic acids is 1. The number of nitrogens with one attached hydrogen (secondary N) is 1. The molecular weight excluding hydrogens is 370 g/mol. The van der Waals surface area contributed by atoms with Gasteiger partial charge in [-0.25, -0.2) is 9.50 Å². The minimum atomic E-state index is -0.0400. The van der Waals surface area contributed by atoms with Crippen LogP contribution in [0.4, 0.5) is 0 Å². The van der Waals surface area contributed by atoms with Crippen LogP contribution in [0.1, 0.15) is 49.3 Å². The van der Waals surface area contributed by atoms with E-state index in [1.165, 1.54) is 17.3 Å². The average molecular weight is 398 g/mol. The highest BCUT2D eigenvalue weighted by atomic mass is 32.2. The van der Waals surface area contributed by atoms with Crippen LogP contribution in [0.2, 0.25) is 0 Å². The monoisotopic (exact) mass is 397 g/mol. The molecule has 0 fully saturated rings. The van der Waals surface area contributed by atoms with Crippen molar-refractivity contribution in [1.82, 2.24) is 24.9 Å². The van der Waals surface area contributed by atoms with Gasteiger partial charge in [0.1, 0.15) is 0 Å². The van der Waals surface area contributed by atoms with Gasteiger partial charge in [-0.1, -0.05) is 49.9 Å². The van der Waals surface area contributed by atoms with E-state index in [0.717, 1.165) is 23.4 Å². The van der Waals surface area contributed by atoms with Crippen molar-refractivity contribution in [3.05, 3.63) is 52.8 Å². The van der Waals surface area contributed by atoms with Crippen LogP contribution in [0.25, 0.3) is 5.78 Å². The van der Waals surface area contributed by atoms with Crippen LogP contribution in [0.3, 0.4) is 0 Å². The lowest BCUT2D eigenvalue weighted by molar-refractivity contribution is -0.119. The summed E-state index contributed by atoms with van der Waals surface area (Å²) in [5, 5.41) is 8.02. The molecule has 0 aliphatic rings. The fraction of sp³-hybridized carbons (Fsp3) is 0.429. The van der Waals surface area contributed by atoms with Gasteiger partial charge in [0.25, 0.3) is 5.78 Å². The van der Waals surface area contributed by atoms with E-state index in [2.05, 4.69) is 58.5 Å². The number of benzene rings is 1. The second-order valence-electron chi connectivity index (χ2n) is 7.56. The molecule has 0 aliphatic carbocycles. The van der Waals surface area contributed by atoms with Crippen molar-refractivity contribution in [3.8, 4) is 0 Å². The molecule has 7 heteroatoms. The Morgan fingerprint density at radius 1 is 1.14 bits per heavy atom. The van der Waals surface area contributed by atoms with Crippen LogP contribution >= 0.6 is 11.8 Å². The van der Waals surface area contributed by atoms with Crippen molar-refractivity contribution in [3.63, 3.8) is 0 Å². The van der Waals surface area contributed by atoms with E-state index < -0.39 is 0 Å². The maximum atomic E-state index is 12.3. The van der Waals surface area contributed by atoms with Gasteiger partial charge in [-0.3, -0.25) is 4.79 Å². The van der Waals surface area contributed by atoms with Crippen LogP contribution < -0.4 is 5.32 Å². The van der Waals surface area contributed by atoms with E-state index in [0.29, 0.717) is 16.9 Å². The molecule has 2 aromatic heterocycles. The Kier molecular flexibility index (Phi) is 6.34. The summed E-state index contributed by atoms with van der Waals surface area (Å²) in [5.74, 6) is 1.43. The molecule has 2 heterocycles. The molecule has 1 aromatic carbocycles. The molecule has 148 valence electrons. The molecule has 0 spiro atoms. The van der Waals surface area contributed by atoms with Crippen molar-refractivity contribution in [2.75, 3.05) is 5.75 Å². The Hall–Kier alpha value is -2.41. The third-order valence-electron chi connectivity index (χ3n) is 4.43. The molecule has 1 N–H and O–H groups in total. The minimum Gasteiger partial charge on any atom is -0.349 e. The fourth-order valence-electron chi connectivity index (χ4n) is 3.12. The Morgan fingerprint density at radius 3 is 2.54 bits per heavy atom. The first-order chi connectivity index (χ1) is 13.3. The minimum absolute atomic E-state index is 0.0384. The Labute approximate surface area is 170 Å². The molecule has 0 aliphatic heterocycles. The molecule has 0 unspecified atom stereocenters. The summed E-state index contributed by atoms with van der Waals surface area (Å²) in [4.78, 5) is 21.1. The SMILES string of the molecule is Cc1cc(C)n2nc(SCC(=O)N[C@H](C)c3ccc(CC(C)C)cc3)nc2n1. The third-order valence-corrected chi connectivity index (χ3v) is 5.27. The average Bonchev–Trinajstić information content (AvgIpc) is 3.03. The Bertz CT molecular complexity index is 965. The summed E-state index contributed by atoms with van der Waals surface area (Å²) < 4.78 is 1.70. The second-order valence-corrected chi connectivity index (χ2v) is 8.51. The van der Waals surface area contributed by atoms with Gasteiger partial charge in [-0.15, -0.1) is 5.10 Å². The summed E-state index contributed by atoms with van der Waals surface area (Å²) >= 11 is 1.32. The standard InChI is InChI=1S/C21H27N5OS/c1-13(2)10-17-6-8-18(9-7-17)16(5)23-19(27)12-28-21-24-20-22-14(3)11-15(4)26(20)25-21/h6-9,11,13,16H,10,12H2,1-5H3,(H,23,27)/t16-/m1/s1. The van der Waals surface area contributed by atoms with Crippen molar-refractivity contribution in [2.45, 2.75) is 52.2 Å². The zero-order chi connectivity index (χ0) is 20.3. The van der Waals surface area contributed by atoms with Gasteiger partial charge >= 0.3 is 0 Å². The van der Waals surface area contributed by atoms with E-state index in [4.69, 9.17) is 0 Å². The number of aryl methyl sites for hydroxylation is 2. The van der Waals surface area contributed by atoms with Gasteiger partial charge in [0.2, 0.25) is 11.1 Å². The summed E-state index contributed by atoms with van der Waals surface area (Å²) in [7, 11) is 0. The first kappa shape index (κ1) is 20.3. The number of nitrogens with zero attached hydrogens (tertiary/aromatic N) is 4. The maximum absolute atomic E-state index is 12.3. The molecule has 6 nitrogen and oxygen atoms in total. The molecule has 0 radical (unpaired) electrons. The van der Waals surface area contributed by atoms with Crippen molar-refractivity contribution >= 4 is 23.4 Å². The lowest BCUT2D eigenvalue weighted by Crippen LogP contribution is -2.28. The van der Waals surface area contributed by atoms with E-state index in [-0.39, 0.29) is 17.7 Å². The number of aromatic nitrogens is 4. The van der Waals surface area contributed by atoms with Gasteiger partial charge in [-0.05, 0) is 50.3 Å². The smallest absolute Gasteiger partial charge is 0.253 e. The summed E-state index contributed by atoms with van der Waals surface area (Å²) in [6, 6.07) is 10.4. The lowest BCUT2D eigenvalue weighted by Gasteiger charge is -2.15. The second kappa shape index (κ2) is 8.73. The third kappa shape index (κ3) is 5.10. The highest BCUT2D eigenvalue weighted by molar-refractivity contribution is 7.99. The van der Waals surface area contributed by atoms with Gasteiger partial charge < -0.3 is 5.32 Å². The Balaban J connectivity index is 1.56. The normalized spacial score (nSPS) is 12.5. The van der Waals surface area contributed by atoms with Crippen LogP contribution in [-0.4, -0.2) is 31.2 Å². The van der Waals surface area contributed by atoms with Crippen LogP contribution in [0.15, 0.2) is 35.5 Å². The summed E-state index contributed by atoms with van der Waals surface area (Å²) in [6.07, 6.45) is 1.07. The van der Waals surface area contributed by atoms with Crippen molar-refractivity contribution < 1.29 is 4.79 Å². The molecule has 3 rings (SSSR count). The first-order valence-electron chi connectivity index (χ1n) is 9.54. The van der Waals surface area contributed by atoms with Gasteiger partial charge in [0.15, 0.2) is 0 Å². The summed E-state index contributed by atoms with van der Waals surface area (Å²) in [6.45, 7) is 10.3. The lowest BCUT2D eigenvalue weighted by atomic mass is 10.00. The van der Waals surface area contributed by atoms with E-state index in [9.17, 15) is 4.79 Å². The van der Waals surface area contributed by atoms with Gasteiger partial charge in [0.05, 0.1) is 11.8 Å². The van der Waals surface area contributed by atoms with Crippen molar-refractivity contribution in [2.24, 2.45) is 5.92 Å². The number of hydrogen-bond donors (Lipinski definition) is 1. The number of rotatable bonds is 7. The number of carbonyl (C=O) groups is 1. The zero-order valence-corrected chi connectivity index (χ0v) is 17.9.